The van der Waals surface area contributed by atoms with Crippen molar-refractivity contribution >= 4 is 35.1 Å². The maximum absolute atomic E-state index is 11.9. The number of hydrazone groups is 1. The molecule has 0 radical (unpaired) electrons. The van der Waals surface area contributed by atoms with E-state index in [9.17, 15) is 14.7 Å². The number of halogens is 1. The van der Waals surface area contributed by atoms with Crippen LogP contribution in [0.1, 0.15) is 5.56 Å². The minimum atomic E-state index is -0.838. The van der Waals surface area contributed by atoms with Crippen LogP contribution in [0, 0.1) is 0 Å². The summed E-state index contributed by atoms with van der Waals surface area (Å²) in [6.45, 7) is 0. The van der Waals surface area contributed by atoms with Gasteiger partial charge in [0.2, 0.25) is 5.88 Å². The van der Waals surface area contributed by atoms with Gasteiger partial charge >= 0.3 is 5.69 Å². The highest BCUT2D eigenvalue weighted by Gasteiger charge is 2.15. The smallest absolute Gasteiger partial charge is 0.335 e. The molecular formula is C12H10ClN5O3S. The highest BCUT2D eigenvalue weighted by atomic mass is 35.5. The molecule has 0 aliphatic carbocycles. The summed E-state index contributed by atoms with van der Waals surface area (Å²) in [5.74, 6) is -0.615. The Morgan fingerprint density at radius 2 is 2.14 bits per heavy atom. The van der Waals surface area contributed by atoms with E-state index in [4.69, 9.17) is 17.3 Å². The molecule has 1 aromatic carbocycles. The van der Waals surface area contributed by atoms with Crippen LogP contribution in [0.2, 0.25) is 5.02 Å². The van der Waals surface area contributed by atoms with Crippen LogP contribution in [0.15, 0.2) is 39.0 Å². The zero-order chi connectivity index (χ0) is 16.3. The van der Waals surface area contributed by atoms with Crippen LogP contribution >= 0.6 is 23.8 Å². The number of nitrogens with one attached hydrogen (secondary N) is 2. The summed E-state index contributed by atoms with van der Waals surface area (Å²) < 4.78 is 0.853. The Hall–Kier alpha value is -2.65. The van der Waals surface area contributed by atoms with Gasteiger partial charge in [-0.15, -0.1) is 0 Å². The number of aromatic amines is 1. The van der Waals surface area contributed by atoms with Crippen molar-refractivity contribution in [3.8, 4) is 11.6 Å². The first-order chi connectivity index (χ1) is 10.4. The normalized spacial score (nSPS) is 10.8. The van der Waals surface area contributed by atoms with Gasteiger partial charge in [0.1, 0.15) is 5.56 Å². The van der Waals surface area contributed by atoms with Crippen molar-refractivity contribution in [1.29, 1.82) is 0 Å². The number of thiocarbonyl (C=S) groups is 1. The molecule has 0 amide bonds. The molecule has 1 heterocycles. The van der Waals surface area contributed by atoms with E-state index in [1.54, 1.807) is 12.1 Å². The topological polar surface area (TPSA) is 125 Å². The molecular weight excluding hydrogens is 330 g/mol. The molecule has 0 fully saturated rings. The number of nitrogens with zero attached hydrogens (tertiary/aromatic N) is 2. The maximum Gasteiger partial charge on any atom is 0.335 e. The summed E-state index contributed by atoms with van der Waals surface area (Å²) in [6.07, 6.45) is 0.986. The second-order valence-electron chi connectivity index (χ2n) is 4.02. The van der Waals surface area contributed by atoms with Crippen LogP contribution in [0.5, 0.6) is 5.88 Å². The van der Waals surface area contributed by atoms with Crippen molar-refractivity contribution in [2.75, 3.05) is 0 Å². The second kappa shape index (κ2) is 6.41. The summed E-state index contributed by atoms with van der Waals surface area (Å²) in [4.78, 5) is 25.8. The number of nitrogens with two attached hydrogens (primary N) is 1. The molecule has 22 heavy (non-hydrogen) atoms. The fraction of sp³-hybridized carbons (Fsp3) is 0. The highest BCUT2D eigenvalue weighted by molar-refractivity contribution is 7.80. The molecule has 0 spiro atoms. The molecule has 0 aliphatic rings. The average molecular weight is 340 g/mol. The van der Waals surface area contributed by atoms with Crippen LogP contribution < -0.4 is 22.4 Å². The minimum absolute atomic E-state index is 0.119. The van der Waals surface area contributed by atoms with E-state index in [-0.39, 0.29) is 21.4 Å². The van der Waals surface area contributed by atoms with Gasteiger partial charge in [-0.1, -0.05) is 23.7 Å². The average Bonchev–Trinajstić information content (AvgIpc) is 2.44. The standard InChI is InChI=1S/C12H10ClN5O3S/c13-7-3-1-2-4-8(7)18-10(20)6(5-15-17-11(14)22)9(19)16-12(18)21/h1-5,20H,(H3,14,17,22)(H,16,19,21). The lowest BCUT2D eigenvalue weighted by atomic mass is 10.3. The SMILES string of the molecule is NC(=S)NN=Cc1c(O)n(-c2ccccc2Cl)c(=O)[nH]c1=O. The fourth-order valence-corrected chi connectivity index (χ4v) is 1.94. The summed E-state index contributed by atoms with van der Waals surface area (Å²) >= 11 is 10.5. The molecule has 8 nitrogen and oxygen atoms in total. The predicted molar refractivity (Wildman–Crippen MR) is 86.8 cm³/mol. The van der Waals surface area contributed by atoms with Gasteiger partial charge in [0, 0.05) is 0 Å². The van der Waals surface area contributed by atoms with E-state index in [2.05, 4.69) is 27.7 Å². The van der Waals surface area contributed by atoms with Crippen LogP contribution in [0.25, 0.3) is 5.69 Å². The molecule has 10 heteroatoms. The largest absolute Gasteiger partial charge is 0.493 e. The molecule has 2 rings (SSSR count). The van der Waals surface area contributed by atoms with E-state index in [0.29, 0.717) is 0 Å². The number of hydrogen-bond acceptors (Lipinski definition) is 5. The van der Waals surface area contributed by atoms with Crippen LogP contribution in [-0.2, 0) is 0 Å². The van der Waals surface area contributed by atoms with Crippen molar-refractivity contribution in [3.05, 3.63) is 55.7 Å². The summed E-state index contributed by atoms with van der Waals surface area (Å²) in [6, 6.07) is 6.33. The molecule has 5 N–H and O–H groups in total. The number of rotatable bonds is 3. The summed E-state index contributed by atoms with van der Waals surface area (Å²) in [5.41, 5.74) is 5.71. The Kier molecular flexibility index (Phi) is 4.59. The number of aromatic hydroxyl groups is 1. The third-order valence-corrected chi connectivity index (χ3v) is 2.99. The minimum Gasteiger partial charge on any atom is -0.493 e. The number of aromatic nitrogens is 2. The molecule has 0 aliphatic heterocycles. The van der Waals surface area contributed by atoms with Crippen molar-refractivity contribution < 1.29 is 5.11 Å². The van der Waals surface area contributed by atoms with E-state index in [1.165, 1.54) is 12.1 Å². The number of hydrogen-bond donors (Lipinski definition) is 4. The Labute approximate surface area is 133 Å². The second-order valence-corrected chi connectivity index (χ2v) is 4.86. The van der Waals surface area contributed by atoms with Crippen molar-refractivity contribution in [1.82, 2.24) is 15.0 Å². The maximum atomic E-state index is 11.9. The van der Waals surface area contributed by atoms with Gasteiger partial charge in [-0.2, -0.15) is 5.10 Å². The highest BCUT2D eigenvalue weighted by Crippen LogP contribution is 2.22. The zero-order valence-corrected chi connectivity index (χ0v) is 12.5. The quantitative estimate of drug-likeness (QED) is 0.356. The van der Waals surface area contributed by atoms with Gasteiger partial charge in [0.15, 0.2) is 5.11 Å². The Morgan fingerprint density at radius 1 is 1.45 bits per heavy atom. The van der Waals surface area contributed by atoms with Crippen LogP contribution in [0.4, 0.5) is 0 Å². The van der Waals surface area contributed by atoms with E-state index >= 15 is 0 Å². The lowest BCUT2D eigenvalue weighted by molar-refractivity contribution is 0.430. The predicted octanol–water partition coefficient (Wildman–Crippen LogP) is 0.0519. The number of benzene rings is 1. The Morgan fingerprint density at radius 3 is 2.77 bits per heavy atom. The molecule has 0 unspecified atom stereocenters. The van der Waals surface area contributed by atoms with Gasteiger partial charge in [0.05, 0.1) is 16.9 Å². The first-order valence-corrected chi connectivity index (χ1v) is 6.62. The Balaban J connectivity index is 2.65. The summed E-state index contributed by atoms with van der Waals surface area (Å²) in [5, 5.41) is 13.9. The number of para-hydroxylation sites is 1. The molecule has 114 valence electrons. The van der Waals surface area contributed by atoms with Gasteiger partial charge in [0.25, 0.3) is 5.56 Å². The third-order valence-electron chi connectivity index (χ3n) is 2.58. The van der Waals surface area contributed by atoms with E-state index in [0.717, 1.165) is 10.8 Å². The Bertz CT molecular complexity index is 874. The van der Waals surface area contributed by atoms with Gasteiger partial charge in [-0.3, -0.25) is 15.2 Å². The molecule has 1 aromatic heterocycles. The molecule has 0 saturated heterocycles. The lowest BCUT2D eigenvalue weighted by Gasteiger charge is -2.10. The van der Waals surface area contributed by atoms with Gasteiger partial charge in [-0.25, -0.2) is 9.36 Å². The van der Waals surface area contributed by atoms with Crippen molar-refractivity contribution in [2.24, 2.45) is 10.8 Å². The molecule has 2 aromatic rings. The zero-order valence-electron chi connectivity index (χ0n) is 10.9. The lowest BCUT2D eigenvalue weighted by Crippen LogP contribution is -2.32. The summed E-state index contributed by atoms with van der Waals surface area (Å²) in [7, 11) is 0. The van der Waals surface area contributed by atoms with Crippen LogP contribution in [-0.4, -0.2) is 26.0 Å². The molecule has 0 atom stereocenters. The molecule has 0 saturated carbocycles. The third kappa shape index (κ3) is 3.15. The van der Waals surface area contributed by atoms with E-state index < -0.39 is 17.1 Å². The molecule has 0 bridgehead atoms. The van der Waals surface area contributed by atoms with Crippen molar-refractivity contribution in [3.63, 3.8) is 0 Å². The number of H-pyrrole nitrogens is 1. The van der Waals surface area contributed by atoms with Gasteiger partial charge < -0.3 is 10.8 Å². The first kappa shape index (κ1) is 15.7. The van der Waals surface area contributed by atoms with Crippen LogP contribution in [0.3, 0.4) is 0 Å². The van der Waals surface area contributed by atoms with Crippen molar-refractivity contribution in [2.45, 2.75) is 0 Å². The monoisotopic (exact) mass is 339 g/mol. The fourth-order valence-electron chi connectivity index (χ4n) is 1.67. The van der Waals surface area contributed by atoms with Gasteiger partial charge in [-0.05, 0) is 24.4 Å². The first-order valence-electron chi connectivity index (χ1n) is 5.83. The van der Waals surface area contributed by atoms with E-state index in [1.807, 2.05) is 0 Å².